The van der Waals surface area contributed by atoms with Gasteiger partial charge in [0.05, 0.1) is 19.8 Å². The topological polar surface area (TPSA) is 55.8 Å². The molecule has 0 fully saturated rings. The number of hydrogen-bond donors (Lipinski definition) is 1. The van der Waals surface area contributed by atoms with E-state index in [1.807, 2.05) is 19.9 Å². The molecule has 4 nitrogen and oxygen atoms in total. The molecule has 1 rings (SSSR count). The Morgan fingerprint density at radius 2 is 2.05 bits per heavy atom. The Balaban J connectivity index is 3.33. The number of hydrogen-bond acceptors (Lipinski definition) is 4. The van der Waals surface area contributed by atoms with Crippen molar-refractivity contribution in [2.24, 2.45) is 0 Å². The van der Waals surface area contributed by atoms with E-state index in [-0.39, 0.29) is 5.75 Å². The number of methoxy groups -OCH3 is 2. The molecule has 0 saturated heterocycles. The monoisotopic (exact) mass is 264 g/mol. The number of benzene rings is 1. The first-order chi connectivity index (χ1) is 9.08. The van der Waals surface area contributed by atoms with E-state index in [0.29, 0.717) is 23.3 Å². The van der Waals surface area contributed by atoms with Crippen LogP contribution in [0, 0.1) is 0 Å². The smallest absolute Gasteiger partial charge is 0.338 e. The lowest BCUT2D eigenvalue weighted by molar-refractivity contribution is 0.0599. The number of ether oxygens (including phenoxy) is 2. The highest BCUT2D eigenvalue weighted by Crippen LogP contribution is 2.34. The fourth-order valence-electron chi connectivity index (χ4n) is 1.92. The molecular weight excluding hydrogens is 244 g/mol. The molecule has 0 aromatic heterocycles. The first kappa shape index (κ1) is 15.1. The maximum Gasteiger partial charge on any atom is 0.338 e. The van der Waals surface area contributed by atoms with Crippen molar-refractivity contribution in [3.8, 4) is 11.5 Å². The molecule has 1 N–H and O–H groups in total. The summed E-state index contributed by atoms with van der Waals surface area (Å²) in [4.78, 5) is 11.8. The largest absolute Gasteiger partial charge is 0.504 e. The van der Waals surface area contributed by atoms with E-state index in [1.165, 1.54) is 14.2 Å². The molecule has 0 atom stereocenters. The minimum Gasteiger partial charge on any atom is -0.504 e. The maximum absolute atomic E-state index is 11.8. The SMILES string of the molecule is C/C=C(\CC)Cc1c(C(=O)OC)ccc(OC)c1O. The van der Waals surface area contributed by atoms with Gasteiger partial charge >= 0.3 is 5.97 Å². The highest BCUT2D eigenvalue weighted by molar-refractivity contribution is 5.92. The third-order valence-corrected chi connectivity index (χ3v) is 3.14. The number of phenolic OH excluding ortho intramolecular Hbond substituents is 1. The first-order valence-corrected chi connectivity index (χ1v) is 6.20. The van der Waals surface area contributed by atoms with E-state index >= 15 is 0 Å². The second-order valence-electron chi connectivity index (χ2n) is 4.11. The molecule has 0 unspecified atom stereocenters. The van der Waals surface area contributed by atoms with E-state index in [1.54, 1.807) is 12.1 Å². The fraction of sp³-hybridized carbons (Fsp3) is 0.400. The van der Waals surface area contributed by atoms with Gasteiger partial charge in [-0.15, -0.1) is 0 Å². The quantitative estimate of drug-likeness (QED) is 0.656. The van der Waals surface area contributed by atoms with Crippen LogP contribution in [-0.4, -0.2) is 25.3 Å². The third kappa shape index (κ3) is 3.28. The number of allylic oxidation sites excluding steroid dienone is 2. The number of carbonyl (C=O) groups is 1. The Hall–Kier alpha value is -1.97. The number of esters is 1. The van der Waals surface area contributed by atoms with Gasteiger partial charge in [-0.1, -0.05) is 18.6 Å². The molecule has 19 heavy (non-hydrogen) atoms. The van der Waals surface area contributed by atoms with E-state index in [4.69, 9.17) is 9.47 Å². The van der Waals surface area contributed by atoms with Crippen molar-refractivity contribution in [3.63, 3.8) is 0 Å². The Kier molecular flexibility index (Phi) is 5.42. The van der Waals surface area contributed by atoms with Gasteiger partial charge in [0.25, 0.3) is 0 Å². The zero-order valence-corrected chi connectivity index (χ0v) is 11.8. The summed E-state index contributed by atoms with van der Waals surface area (Å²) < 4.78 is 9.83. The van der Waals surface area contributed by atoms with Crippen molar-refractivity contribution >= 4 is 5.97 Å². The molecule has 4 heteroatoms. The maximum atomic E-state index is 11.8. The summed E-state index contributed by atoms with van der Waals surface area (Å²) >= 11 is 0. The fourth-order valence-corrected chi connectivity index (χ4v) is 1.92. The highest BCUT2D eigenvalue weighted by Gasteiger charge is 2.19. The van der Waals surface area contributed by atoms with Crippen LogP contribution >= 0.6 is 0 Å². The molecule has 0 amide bonds. The van der Waals surface area contributed by atoms with Crippen molar-refractivity contribution in [1.29, 1.82) is 0 Å². The summed E-state index contributed by atoms with van der Waals surface area (Å²) in [6.07, 6.45) is 3.34. The average Bonchev–Trinajstić information content (AvgIpc) is 2.45. The minimum absolute atomic E-state index is 0.00167. The standard InChI is InChI=1S/C15H20O4/c1-5-10(6-2)9-12-11(15(17)19-4)7-8-13(18-3)14(12)16/h5,7-8,16H,6,9H2,1-4H3/b10-5+. The molecule has 0 heterocycles. The summed E-state index contributed by atoms with van der Waals surface area (Å²) in [5.41, 5.74) is 2.04. The number of rotatable bonds is 5. The van der Waals surface area contributed by atoms with Gasteiger partial charge in [-0.05, 0) is 31.9 Å². The number of aromatic hydroxyl groups is 1. The van der Waals surface area contributed by atoms with Crippen molar-refractivity contribution < 1.29 is 19.4 Å². The van der Waals surface area contributed by atoms with Crippen LogP contribution in [0.2, 0.25) is 0 Å². The lowest BCUT2D eigenvalue weighted by Gasteiger charge is -2.14. The summed E-state index contributed by atoms with van der Waals surface area (Å²) in [5, 5.41) is 10.2. The van der Waals surface area contributed by atoms with Crippen LogP contribution in [0.3, 0.4) is 0 Å². The Morgan fingerprint density at radius 1 is 1.37 bits per heavy atom. The van der Waals surface area contributed by atoms with E-state index in [2.05, 4.69) is 0 Å². The predicted molar refractivity (Wildman–Crippen MR) is 73.8 cm³/mol. The van der Waals surface area contributed by atoms with Crippen molar-refractivity contribution in [3.05, 3.63) is 34.9 Å². The second kappa shape index (κ2) is 6.83. The number of carbonyl (C=O) groups excluding carboxylic acids is 1. The van der Waals surface area contributed by atoms with Gasteiger partial charge in [0.1, 0.15) is 0 Å². The van der Waals surface area contributed by atoms with Gasteiger partial charge in [-0.25, -0.2) is 4.79 Å². The zero-order valence-electron chi connectivity index (χ0n) is 11.8. The number of phenols is 1. The summed E-state index contributed by atoms with van der Waals surface area (Å²) in [6, 6.07) is 3.18. The van der Waals surface area contributed by atoms with Crippen LogP contribution in [0.4, 0.5) is 0 Å². The van der Waals surface area contributed by atoms with Gasteiger partial charge in [-0.3, -0.25) is 0 Å². The van der Waals surface area contributed by atoms with Crippen molar-refractivity contribution in [2.75, 3.05) is 14.2 Å². The molecule has 0 aliphatic heterocycles. The molecule has 1 aromatic rings. The van der Waals surface area contributed by atoms with Gasteiger partial charge in [0, 0.05) is 5.56 Å². The minimum atomic E-state index is -0.459. The van der Waals surface area contributed by atoms with Gasteiger partial charge < -0.3 is 14.6 Å². The molecule has 0 saturated carbocycles. The molecule has 0 bridgehead atoms. The Labute approximate surface area is 113 Å². The average molecular weight is 264 g/mol. The molecular formula is C15H20O4. The Morgan fingerprint density at radius 3 is 2.53 bits per heavy atom. The molecule has 0 aliphatic rings. The lowest BCUT2D eigenvalue weighted by Crippen LogP contribution is -2.07. The van der Waals surface area contributed by atoms with Crippen LogP contribution in [0.25, 0.3) is 0 Å². The van der Waals surface area contributed by atoms with Crippen LogP contribution in [-0.2, 0) is 11.2 Å². The summed E-state index contributed by atoms with van der Waals surface area (Å²) in [5.74, 6) is -0.105. The molecule has 0 radical (unpaired) electrons. The van der Waals surface area contributed by atoms with E-state index in [9.17, 15) is 9.90 Å². The van der Waals surface area contributed by atoms with Crippen LogP contribution in [0.1, 0.15) is 36.2 Å². The Bertz CT molecular complexity index is 489. The molecule has 104 valence electrons. The molecule has 0 aliphatic carbocycles. The first-order valence-electron chi connectivity index (χ1n) is 6.20. The van der Waals surface area contributed by atoms with Gasteiger partial charge in [0.15, 0.2) is 11.5 Å². The van der Waals surface area contributed by atoms with Gasteiger partial charge in [0.2, 0.25) is 0 Å². The normalized spacial score (nSPS) is 11.3. The zero-order chi connectivity index (χ0) is 14.4. The summed E-state index contributed by atoms with van der Waals surface area (Å²) in [6.45, 7) is 3.97. The van der Waals surface area contributed by atoms with Crippen LogP contribution < -0.4 is 4.74 Å². The molecule has 1 aromatic carbocycles. The third-order valence-electron chi connectivity index (χ3n) is 3.14. The second-order valence-corrected chi connectivity index (χ2v) is 4.11. The highest BCUT2D eigenvalue weighted by atomic mass is 16.5. The summed E-state index contributed by atoms with van der Waals surface area (Å²) in [7, 11) is 2.80. The van der Waals surface area contributed by atoms with Gasteiger partial charge in [-0.2, -0.15) is 0 Å². The van der Waals surface area contributed by atoms with Crippen molar-refractivity contribution in [2.45, 2.75) is 26.7 Å². The van der Waals surface area contributed by atoms with E-state index < -0.39 is 5.97 Å². The van der Waals surface area contributed by atoms with Crippen LogP contribution in [0.15, 0.2) is 23.8 Å². The molecule has 0 spiro atoms. The van der Waals surface area contributed by atoms with Crippen LogP contribution in [0.5, 0.6) is 11.5 Å². The lowest BCUT2D eigenvalue weighted by atomic mass is 9.96. The predicted octanol–water partition coefficient (Wildman–Crippen LogP) is 3.09. The van der Waals surface area contributed by atoms with E-state index in [0.717, 1.165) is 12.0 Å². The van der Waals surface area contributed by atoms with Crippen molar-refractivity contribution in [1.82, 2.24) is 0 Å².